The van der Waals surface area contributed by atoms with Crippen molar-refractivity contribution >= 4 is 28.8 Å². The number of aromatic nitrogens is 2. The van der Waals surface area contributed by atoms with Gasteiger partial charge in [0.1, 0.15) is 0 Å². The normalized spacial score (nSPS) is 20.5. The lowest BCUT2D eigenvalue weighted by molar-refractivity contribution is -0.212. The summed E-state index contributed by atoms with van der Waals surface area (Å²) in [6, 6.07) is 0. The Hall–Kier alpha value is -1.64. The van der Waals surface area contributed by atoms with E-state index in [1.165, 1.54) is 4.90 Å². The Labute approximate surface area is 105 Å². The first-order valence-corrected chi connectivity index (χ1v) is 5.44. The molecule has 98 valence electrons. The van der Waals surface area contributed by atoms with Crippen LogP contribution >= 0.6 is 12.2 Å². The molecule has 0 aromatic carbocycles. The SMILES string of the molecule is NC(=O)C1CCN(c2cnn(C(F)(F)F)c2)C1=S. The summed E-state index contributed by atoms with van der Waals surface area (Å²) >= 11 is 5.03. The minimum Gasteiger partial charge on any atom is -0.369 e. The van der Waals surface area contributed by atoms with E-state index in [2.05, 4.69) is 5.10 Å². The van der Waals surface area contributed by atoms with E-state index in [0.717, 1.165) is 12.4 Å². The van der Waals surface area contributed by atoms with E-state index < -0.39 is 18.1 Å². The van der Waals surface area contributed by atoms with Crippen LogP contribution in [0.5, 0.6) is 0 Å². The van der Waals surface area contributed by atoms with Gasteiger partial charge in [0.15, 0.2) is 0 Å². The van der Waals surface area contributed by atoms with E-state index >= 15 is 0 Å². The first kappa shape index (κ1) is 12.8. The maximum absolute atomic E-state index is 12.4. The standard InChI is InChI=1S/C9H9F3N4OS/c10-9(11,12)16-4-5(3-14-16)15-2-1-6(7(13)17)8(15)18/h3-4,6H,1-2H2,(H2,13,17). The largest absolute Gasteiger partial charge is 0.504 e. The second-order valence-electron chi connectivity index (χ2n) is 3.84. The molecule has 1 aromatic rings. The molecule has 1 aromatic heterocycles. The highest BCUT2D eigenvalue weighted by Gasteiger charge is 2.36. The molecule has 1 atom stereocenters. The van der Waals surface area contributed by atoms with Crippen molar-refractivity contribution in [3.63, 3.8) is 0 Å². The molecule has 1 aliphatic rings. The van der Waals surface area contributed by atoms with E-state index in [9.17, 15) is 18.0 Å². The molecule has 1 fully saturated rings. The highest BCUT2D eigenvalue weighted by atomic mass is 32.1. The monoisotopic (exact) mass is 278 g/mol. The van der Waals surface area contributed by atoms with E-state index in [1.807, 2.05) is 0 Å². The molecule has 18 heavy (non-hydrogen) atoms. The second-order valence-corrected chi connectivity index (χ2v) is 4.26. The number of hydrogen-bond acceptors (Lipinski definition) is 3. The molecule has 9 heteroatoms. The molecule has 0 bridgehead atoms. The summed E-state index contributed by atoms with van der Waals surface area (Å²) in [7, 11) is 0. The van der Waals surface area contributed by atoms with Gasteiger partial charge in [-0.3, -0.25) is 4.79 Å². The Morgan fingerprint density at radius 3 is 2.67 bits per heavy atom. The van der Waals surface area contributed by atoms with Crippen molar-refractivity contribution in [1.29, 1.82) is 0 Å². The smallest absolute Gasteiger partial charge is 0.369 e. The molecule has 0 spiro atoms. The highest BCUT2D eigenvalue weighted by Crippen LogP contribution is 2.28. The lowest BCUT2D eigenvalue weighted by atomic mass is 10.1. The molecule has 1 unspecified atom stereocenters. The van der Waals surface area contributed by atoms with Gasteiger partial charge in [-0.2, -0.15) is 9.78 Å². The van der Waals surface area contributed by atoms with Crippen LogP contribution in [0.25, 0.3) is 0 Å². The van der Waals surface area contributed by atoms with Gasteiger partial charge in [-0.05, 0) is 6.42 Å². The van der Waals surface area contributed by atoms with Gasteiger partial charge in [-0.25, -0.2) is 0 Å². The Bertz CT molecular complexity index is 498. The molecular weight excluding hydrogens is 269 g/mol. The number of primary amides is 1. The fraction of sp³-hybridized carbons (Fsp3) is 0.444. The van der Waals surface area contributed by atoms with E-state index in [4.69, 9.17) is 18.0 Å². The summed E-state index contributed by atoms with van der Waals surface area (Å²) in [5.74, 6) is -1.17. The molecule has 2 N–H and O–H groups in total. The summed E-state index contributed by atoms with van der Waals surface area (Å²) < 4.78 is 37.0. The zero-order valence-electron chi connectivity index (χ0n) is 9.02. The second kappa shape index (κ2) is 4.23. The van der Waals surface area contributed by atoms with Crippen molar-refractivity contribution < 1.29 is 18.0 Å². The number of nitrogens with two attached hydrogens (primary N) is 1. The zero-order chi connectivity index (χ0) is 13.5. The van der Waals surface area contributed by atoms with Crippen LogP contribution in [0.1, 0.15) is 6.42 Å². The number of anilines is 1. The average molecular weight is 278 g/mol. The lowest BCUT2D eigenvalue weighted by Crippen LogP contribution is -2.31. The van der Waals surface area contributed by atoms with Gasteiger partial charge in [-0.1, -0.05) is 12.2 Å². The minimum atomic E-state index is -4.57. The van der Waals surface area contributed by atoms with Crippen molar-refractivity contribution in [1.82, 2.24) is 9.78 Å². The number of thiocarbonyl (C=S) groups is 1. The third-order valence-corrected chi connectivity index (χ3v) is 3.19. The Morgan fingerprint density at radius 2 is 2.22 bits per heavy atom. The third kappa shape index (κ3) is 2.17. The number of carbonyl (C=O) groups is 1. The first-order valence-electron chi connectivity index (χ1n) is 5.03. The predicted octanol–water partition coefficient (Wildman–Crippen LogP) is 0.998. The molecule has 2 heterocycles. The van der Waals surface area contributed by atoms with Crippen molar-refractivity contribution in [2.24, 2.45) is 11.7 Å². The van der Waals surface area contributed by atoms with E-state index in [1.54, 1.807) is 0 Å². The molecule has 1 aliphatic heterocycles. The molecule has 0 saturated carbocycles. The predicted molar refractivity (Wildman–Crippen MR) is 60.8 cm³/mol. The maximum atomic E-state index is 12.4. The maximum Gasteiger partial charge on any atom is 0.504 e. The number of alkyl halides is 3. The molecule has 0 aliphatic carbocycles. The fourth-order valence-electron chi connectivity index (χ4n) is 1.79. The topological polar surface area (TPSA) is 64.2 Å². The fourth-order valence-corrected chi connectivity index (χ4v) is 2.22. The Kier molecular flexibility index (Phi) is 3.01. The van der Waals surface area contributed by atoms with Crippen LogP contribution in [-0.4, -0.2) is 27.2 Å². The molecule has 2 rings (SSSR count). The molecule has 1 saturated heterocycles. The highest BCUT2D eigenvalue weighted by molar-refractivity contribution is 7.80. The Balaban J connectivity index is 2.21. The molecule has 1 amide bonds. The van der Waals surface area contributed by atoms with Crippen LogP contribution in [0.3, 0.4) is 0 Å². The summed E-state index contributed by atoms with van der Waals surface area (Å²) in [6.45, 7) is 0.357. The van der Waals surface area contributed by atoms with Crippen molar-refractivity contribution in [2.45, 2.75) is 12.7 Å². The first-order chi connectivity index (χ1) is 8.30. The number of rotatable bonds is 2. The van der Waals surface area contributed by atoms with Gasteiger partial charge in [0.25, 0.3) is 0 Å². The van der Waals surface area contributed by atoms with Gasteiger partial charge in [0.2, 0.25) is 5.91 Å². The summed E-state index contributed by atoms with van der Waals surface area (Å²) in [5, 5.41) is 3.21. The van der Waals surface area contributed by atoms with E-state index in [-0.39, 0.29) is 15.4 Å². The lowest BCUT2D eigenvalue weighted by Gasteiger charge is -2.16. The average Bonchev–Trinajstić information content (AvgIpc) is 2.81. The van der Waals surface area contributed by atoms with Crippen molar-refractivity contribution in [3.05, 3.63) is 12.4 Å². The van der Waals surface area contributed by atoms with Gasteiger partial charge >= 0.3 is 6.30 Å². The number of hydrogen-bond donors (Lipinski definition) is 1. The molecule has 0 radical (unpaired) electrons. The van der Waals surface area contributed by atoms with Gasteiger partial charge < -0.3 is 10.6 Å². The van der Waals surface area contributed by atoms with Crippen molar-refractivity contribution in [2.75, 3.05) is 11.4 Å². The number of halogens is 3. The number of nitrogens with zero attached hydrogens (tertiary/aromatic N) is 3. The summed E-state index contributed by atoms with van der Waals surface area (Å²) in [5.41, 5.74) is 5.36. The third-order valence-electron chi connectivity index (χ3n) is 2.69. The van der Waals surface area contributed by atoms with Gasteiger partial charge in [0, 0.05) is 6.54 Å². The Morgan fingerprint density at radius 1 is 1.56 bits per heavy atom. The van der Waals surface area contributed by atoms with Crippen LogP contribution in [0, 0.1) is 5.92 Å². The zero-order valence-corrected chi connectivity index (χ0v) is 9.83. The minimum absolute atomic E-state index is 0.109. The molecule has 5 nitrogen and oxygen atoms in total. The van der Waals surface area contributed by atoms with Crippen LogP contribution in [0.2, 0.25) is 0 Å². The van der Waals surface area contributed by atoms with Crippen LogP contribution in [0.4, 0.5) is 18.9 Å². The summed E-state index contributed by atoms with van der Waals surface area (Å²) in [4.78, 5) is 12.7. The van der Waals surface area contributed by atoms with Crippen LogP contribution < -0.4 is 10.6 Å². The molecular formula is C9H9F3N4OS. The summed E-state index contributed by atoms with van der Waals surface area (Å²) in [6.07, 6.45) is -2.27. The van der Waals surface area contributed by atoms with Gasteiger partial charge in [0.05, 0.1) is 29.0 Å². The van der Waals surface area contributed by atoms with E-state index in [0.29, 0.717) is 13.0 Å². The quantitative estimate of drug-likeness (QED) is 0.820. The van der Waals surface area contributed by atoms with Gasteiger partial charge in [-0.15, -0.1) is 13.2 Å². The van der Waals surface area contributed by atoms with Crippen molar-refractivity contribution in [3.8, 4) is 0 Å². The van der Waals surface area contributed by atoms with Crippen LogP contribution in [0.15, 0.2) is 12.4 Å². The number of amides is 1. The number of carbonyl (C=O) groups excluding carboxylic acids is 1. The van der Waals surface area contributed by atoms with Crippen LogP contribution in [-0.2, 0) is 11.1 Å².